The molecule has 0 N–H and O–H groups in total. The molecule has 8 heteroatoms. The van der Waals surface area contributed by atoms with E-state index in [9.17, 15) is 13.2 Å². The van der Waals surface area contributed by atoms with Crippen molar-refractivity contribution in [2.24, 2.45) is 0 Å². The number of hydrogen-bond acceptors (Lipinski definition) is 4. The molecule has 0 bridgehead atoms. The molecule has 26 heavy (non-hydrogen) atoms. The number of fused-ring (bicyclic) bond motifs is 1. The van der Waals surface area contributed by atoms with Crippen molar-refractivity contribution >= 4 is 16.6 Å². The predicted octanol–water partition coefficient (Wildman–Crippen LogP) is 4.24. The number of nitrogens with zero attached hydrogens (tertiary/aromatic N) is 4. The average Bonchev–Trinajstić information content (AvgIpc) is 2.92. The topological polar surface area (TPSA) is 52.8 Å². The lowest BCUT2D eigenvalue weighted by Crippen LogP contribution is -2.07. The molecule has 0 aliphatic rings. The summed E-state index contributed by atoms with van der Waals surface area (Å²) in [7, 11) is 1.51. The van der Waals surface area contributed by atoms with Gasteiger partial charge >= 0.3 is 6.18 Å². The number of benzene rings is 1. The molecule has 2 aromatic heterocycles. The highest BCUT2D eigenvalue weighted by Gasteiger charge is 2.30. The maximum absolute atomic E-state index is 12.7. The van der Waals surface area contributed by atoms with Crippen LogP contribution in [0.3, 0.4) is 0 Å². The summed E-state index contributed by atoms with van der Waals surface area (Å²) < 4.78 is 45.1. The Bertz CT molecular complexity index is 975. The summed E-state index contributed by atoms with van der Waals surface area (Å²) in [5.41, 5.74) is 1.85. The molecular formula is C18H17F3N4O. The van der Waals surface area contributed by atoms with E-state index in [0.717, 1.165) is 12.1 Å². The zero-order valence-electron chi connectivity index (χ0n) is 14.6. The van der Waals surface area contributed by atoms with Gasteiger partial charge in [-0.1, -0.05) is 18.7 Å². The highest BCUT2D eigenvalue weighted by molar-refractivity contribution is 5.91. The molecule has 0 spiro atoms. The molecule has 0 fully saturated rings. The highest BCUT2D eigenvalue weighted by Crippen LogP contribution is 2.31. The van der Waals surface area contributed by atoms with Crippen molar-refractivity contribution < 1.29 is 17.9 Å². The minimum atomic E-state index is -4.36. The molecule has 2 heterocycles. The first-order valence-corrected chi connectivity index (χ1v) is 7.82. The molecule has 3 aromatic rings. The van der Waals surface area contributed by atoms with Crippen LogP contribution in [-0.4, -0.2) is 26.9 Å². The molecule has 5 nitrogen and oxygen atoms in total. The first-order valence-electron chi connectivity index (χ1n) is 7.82. The Labute approximate surface area is 148 Å². The van der Waals surface area contributed by atoms with Crippen LogP contribution in [0.5, 0.6) is 5.88 Å². The van der Waals surface area contributed by atoms with E-state index in [2.05, 4.69) is 21.6 Å². The lowest BCUT2D eigenvalue weighted by atomic mass is 10.1. The Balaban J connectivity index is 2.08. The van der Waals surface area contributed by atoms with Crippen molar-refractivity contribution in [2.45, 2.75) is 26.6 Å². The molecule has 0 radical (unpaired) electrons. The Morgan fingerprint density at radius 1 is 1.19 bits per heavy atom. The zero-order valence-corrected chi connectivity index (χ0v) is 14.6. The van der Waals surface area contributed by atoms with E-state index in [0.29, 0.717) is 39.6 Å². The molecule has 0 saturated carbocycles. The predicted molar refractivity (Wildman–Crippen MR) is 91.9 cm³/mol. The summed E-state index contributed by atoms with van der Waals surface area (Å²) in [6, 6.07) is 4.98. The van der Waals surface area contributed by atoms with Crippen LogP contribution in [0.1, 0.15) is 29.6 Å². The van der Waals surface area contributed by atoms with Gasteiger partial charge in [0.25, 0.3) is 0 Å². The number of alkyl halides is 3. The minimum absolute atomic E-state index is 0.265. The van der Waals surface area contributed by atoms with E-state index in [1.54, 1.807) is 11.6 Å². The number of aryl methyl sites for hydroxylation is 1. The zero-order chi connectivity index (χ0) is 19.1. The second-order valence-electron chi connectivity index (χ2n) is 5.96. The highest BCUT2D eigenvalue weighted by atomic mass is 19.4. The summed E-state index contributed by atoms with van der Waals surface area (Å²) in [5, 5.41) is 5.15. The fourth-order valence-corrected chi connectivity index (χ4v) is 2.67. The van der Waals surface area contributed by atoms with Crippen molar-refractivity contribution in [3.05, 3.63) is 53.5 Å². The molecule has 3 rings (SSSR count). The molecule has 0 saturated heterocycles. The van der Waals surface area contributed by atoms with Gasteiger partial charge in [-0.3, -0.25) is 0 Å². The smallest absolute Gasteiger partial charge is 0.416 e. The van der Waals surface area contributed by atoms with Crippen molar-refractivity contribution in [1.82, 2.24) is 19.7 Å². The number of halogens is 3. The van der Waals surface area contributed by atoms with Crippen molar-refractivity contribution in [3.63, 3.8) is 0 Å². The first-order chi connectivity index (χ1) is 12.2. The van der Waals surface area contributed by atoms with E-state index < -0.39 is 11.7 Å². The largest absolute Gasteiger partial charge is 0.480 e. The SMILES string of the molecule is C=C(C)c1nn(Cc2ccc(C(F)(F)F)cc2)c2nc(C)nc(OC)c12. The molecule has 136 valence electrons. The fraction of sp³-hybridized carbons (Fsp3) is 0.278. The number of methoxy groups -OCH3 is 1. The van der Waals surface area contributed by atoms with Gasteiger partial charge in [-0.25, -0.2) is 9.67 Å². The van der Waals surface area contributed by atoms with E-state index in [4.69, 9.17) is 4.74 Å². The minimum Gasteiger partial charge on any atom is -0.480 e. The lowest BCUT2D eigenvalue weighted by molar-refractivity contribution is -0.137. The number of allylic oxidation sites excluding steroid dienone is 1. The standard InChI is InChI=1S/C18H17F3N4O/c1-10(2)15-14-16(22-11(3)23-17(14)26-4)25(24-15)9-12-5-7-13(8-6-12)18(19,20)21/h5-8H,1,9H2,2-4H3. The van der Waals surface area contributed by atoms with Gasteiger partial charge < -0.3 is 4.74 Å². The van der Waals surface area contributed by atoms with E-state index in [-0.39, 0.29) is 6.54 Å². The maximum Gasteiger partial charge on any atom is 0.416 e. The summed E-state index contributed by atoms with van der Waals surface area (Å²) in [6.45, 7) is 7.73. The molecule has 0 amide bonds. The van der Waals surface area contributed by atoms with Gasteiger partial charge in [-0.05, 0) is 37.1 Å². The molecule has 0 aliphatic heterocycles. The fourth-order valence-electron chi connectivity index (χ4n) is 2.67. The first kappa shape index (κ1) is 17.9. The van der Waals surface area contributed by atoms with Crippen LogP contribution in [0.4, 0.5) is 13.2 Å². The second kappa shape index (κ2) is 6.44. The van der Waals surface area contributed by atoms with Gasteiger partial charge in [-0.15, -0.1) is 0 Å². The number of hydrogen-bond donors (Lipinski definition) is 0. The van der Waals surface area contributed by atoms with Gasteiger partial charge in [0.15, 0.2) is 5.65 Å². The molecule has 0 atom stereocenters. The third-order valence-corrected chi connectivity index (χ3v) is 3.88. The van der Waals surface area contributed by atoms with Gasteiger partial charge in [0.05, 0.1) is 19.2 Å². The Morgan fingerprint density at radius 2 is 1.85 bits per heavy atom. The number of aromatic nitrogens is 4. The van der Waals surface area contributed by atoms with Crippen molar-refractivity contribution in [2.75, 3.05) is 7.11 Å². The van der Waals surface area contributed by atoms with Crippen LogP contribution in [-0.2, 0) is 12.7 Å². The van der Waals surface area contributed by atoms with Crippen LogP contribution in [0.25, 0.3) is 16.6 Å². The van der Waals surface area contributed by atoms with Crippen LogP contribution in [0, 0.1) is 6.92 Å². The number of ether oxygens (including phenoxy) is 1. The summed E-state index contributed by atoms with van der Waals surface area (Å²) in [5.74, 6) is 0.903. The Kier molecular flexibility index (Phi) is 4.43. The van der Waals surface area contributed by atoms with Crippen molar-refractivity contribution in [1.29, 1.82) is 0 Å². The van der Waals surface area contributed by atoms with Crippen LogP contribution < -0.4 is 4.74 Å². The van der Waals surface area contributed by atoms with Gasteiger partial charge in [-0.2, -0.15) is 23.3 Å². The molecule has 0 aliphatic carbocycles. The molecule has 0 unspecified atom stereocenters. The van der Waals surface area contributed by atoms with Gasteiger partial charge in [0.2, 0.25) is 5.88 Å². The lowest BCUT2D eigenvalue weighted by Gasteiger charge is -2.08. The average molecular weight is 362 g/mol. The van der Waals surface area contributed by atoms with E-state index in [1.807, 2.05) is 6.92 Å². The summed E-state index contributed by atoms with van der Waals surface area (Å²) in [4.78, 5) is 8.70. The second-order valence-corrected chi connectivity index (χ2v) is 5.96. The molecule has 1 aromatic carbocycles. The summed E-state index contributed by atoms with van der Waals surface area (Å²) in [6.07, 6.45) is -4.36. The third kappa shape index (κ3) is 3.26. The third-order valence-electron chi connectivity index (χ3n) is 3.88. The Hall–Kier alpha value is -2.90. The molecular weight excluding hydrogens is 345 g/mol. The van der Waals surface area contributed by atoms with Gasteiger partial charge in [0, 0.05) is 0 Å². The number of rotatable bonds is 4. The quantitative estimate of drug-likeness (QED) is 0.696. The van der Waals surface area contributed by atoms with Crippen LogP contribution in [0.15, 0.2) is 30.8 Å². The van der Waals surface area contributed by atoms with Crippen molar-refractivity contribution in [3.8, 4) is 5.88 Å². The van der Waals surface area contributed by atoms with E-state index in [1.165, 1.54) is 19.2 Å². The summed E-state index contributed by atoms with van der Waals surface area (Å²) >= 11 is 0. The monoisotopic (exact) mass is 362 g/mol. The Morgan fingerprint density at radius 3 is 2.38 bits per heavy atom. The van der Waals surface area contributed by atoms with Crippen LogP contribution in [0.2, 0.25) is 0 Å². The van der Waals surface area contributed by atoms with E-state index >= 15 is 0 Å². The van der Waals surface area contributed by atoms with Crippen LogP contribution >= 0.6 is 0 Å². The normalized spacial score (nSPS) is 11.8. The maximum atomic E-state index is 12.7. The van der Waals surface area contributed by atoms with Gasteiger partial charge in [0.1, 0.15) is 16.9 Å².